The number of rotatable bonds is 7. The van der Waals surface area contributed by atoms with E-state index in [1.807, 2.05) is 0 Å². The highest BCUT2D eigenvalue weighted by Crippen LogP contribution is 2.11. The Balaban J connectivity index is 3.49. The first kappa shape index (κ1) is 12.4. The molecule has 0 spiro atoms. The van der Waals surface area contributed by atoms with E-state index in [0.29, 0.717) is 12.3 Å². The first-order valence-electron chi connectivity index (χ1n) is 4.99. The maximum absolute atomic E-state index is 9.97. The van der Waals surface area contributed by atoms with E-state index in [-0.39, 0.29) is 6.10 Å². The fourth-order valence-electron chi connectivity index (χ4n) is 1.05. The van der Waals surface area contributed by atoms with Gasteiger partial charge in [-0.05, 0) is 18.8 Å². The molecule has 0 heterocycles. The number of hydrogen-bond donors (Lipinski definition) is 1. The summed E-state index contributed by atoms with van der Waals surface area (Å²) < 4.78 is 0. The summed E-state index contributed by atoms with van der Waals surface area (Å²) in [4.78, 5) is 9.97. The molecule has 0 fully saturated rings. The number of aliphatic hydroxyl groups is 1. The molecule has 2 heteroatoms. The predicted molar refractivity (Wildman–Crippen MR) is 54.5 cm³/mol. The number of carbonyl (C=O) groups excluding carboxylic acids is 1. The van der Waals surface area contributed by atoms with Gasteiger partial charge in [0.1, 0.15) is 6.29 Å². The molecule has 0 aromatic carbocycles. The summed E-state index contributed by atoms with van der Waals surface area (Å²) >= 11 is 0. The Morgan fingerprint density at radius 1 is 1.38 bits per heavy atom. The molecule has 0 radical (unpaired) electrons. The second-order valence-electron chi connectivity index (χ2n) is 3.49. The minimum Gasteiger partial charge on any atom is -0.389 e. The van der Waals surface area contributed by atoms with E-state index in [2.05, 4.69) is 13.8 Å². The summed E-state index contributed by atoms with van der Waals surface area (Å²) in [6.45, 7) is 4.33. The van der Waals surface area contributed by atoms with Crippen LogP contribution in [-0.2, 0) is 4.79 Å². The molecule has 0 rings (SSSR count). The van der Waals surface area contributed by atoms with Crippen LogP contribution in [0.3, 0.4) is 0 Å². The van der Waals surface area contributed by atoms with Crippen molar-refractivity contribution in [2.75, 3.05) is 0 Å². The summed E-state index contributed by atoms with van der Waals surface area (Å²) in [6.07, 6.45) is 7.27. The lowest BCUT2D eigenvalue weighted by molar-refractivity contribution is -0.107. The highest BCUT2D eigenvalue weighted by molar-refractivity contribution is 5.51. The molecular weight excluding hydrogens is 164 g/mol. The Labute approximate surface area is 80.7 Å². The lowest BCUT2D eigenvalue weighted by Crippen LogP contribution is -2.04. The van der Waals surface area contributed by atoms with E-state index < -0.39 is 0 Å². The zero-order valence-corrected chi connectivity index (χ0v) is 8.57. The van der Waals surface area contributed by atoms with E-state index in [9.17, 15) is 9.90 Å². The van der Waals surface area contributed by atoms with Crippen LogP contribution in [0.5, 0.6) is 0 Å². The highest BCUT2D eigenvalue weighted by atomic mass is 16.3. The predicted octanol–water partition coefficient (Wildman–Crippen LogP) is 2.32. The summed E-state index contributed by atoms with van der Waals surface area (Å²) in [7, 11) is 0. The van der Waals surface area contributed by atoms with Crippen molar-refractivity contribution in [2.45, 2.75) is 45.6 Å². The first-order valence-corrected chi connectivity index (χ1v) is 4.99. The topological polar surface area (TPSA) is 37.3 Å². The number of hydrogen-bond acceptors (Lipinski definition) is 2. The normalized spacial score (nSPS) is 15.9. The lowest BCUT2D eigenvalue weighted by atomic mass is 10.0. The monoisotopic (exact) mass is 184 g/mol. The standard InChI is InChI=1S/C11H20O2/c1-3-10(2)7-8-11(13)6-4-5-9-12/h4,6,9-11,13H,3,5,7-8H2,1-2H3/b6-4+. The summed E-state index contributed by atoms with van der Waals surface area (Å²) in [6, 6.07) is 0. The molecule has 0 aliphatic rings. The zero-order chi connectivity index (χ0) is 10.1. The SMILES string of the molecule is CCC(C)CCC(O)/C=C/CC=O. The highest BCUT2D eigenvalue weighted by Gasteiger charge is 2.02. The zero-order valence-electron chi connectivity index (χ0n) is 8.57. The van der Waals surface area contributed by atoms with Gasteiger partial charge in [-0.2, -0.15) is 0 Å². The van der Waals surface area contributed by atoms with Crippen LogP contribution >= 0.6 is 0 Å². The largest absolute Gasteiger partial charge is 0.389 e. The Morgan fingerprint density at radius 3 is 2.62 bits per heavy atom. The van der Waals surface area contributed by atoms with Crippen molar-refractivity contribution in [2.24, 2.45) is 5.92 Å². The van der Waals surface area contributed by atoms with Gasteiger partial charge in [0.15, 0.2) is 0 Å². The third-order valence-corrected chi connectivity index (χ3v) is 2.24. The second kappa shape index (κ2) is 7.99. The van der Waals surface area contributed by atoms with Gasteiger partial charge < -0.3 is 9.90 Å². The average Bonchev–Trinajstić information content (AvgIpc) is 2.14. The Hall–Kier alpha value is -0.630. The van der Waals surface area contributed by atoms with Crippen LogP contribution in [0.2, 0.25) is 0 Å². The molecule has 13 heavy (non-hydrogen) atoms. The van der Waals surface area contributed by atoms with Gasteiger partial charge in [-0.1, -0.05) is 32.4 Å². The average molecular weight is 184 g/mol. The van der Waals surface area contributed by atoms with Crippen molar-refractivity contribution in [3.05, 3.63) is 12.2 Å². The van der Waals surface area contributed by atoms with Gasteiger partial charge in [-0.15, -0.1) is 0 Å². The minimum atomic E-state index is -0.381. The van der Waals surface area contributed by atoms with Gasteiger partial charge in [0, 0.05) is 6.42 Å². The van der Waals surface area contributed by atoms with E-state index in [1.54, 1.807) is 12.2 Å². The van der Waals surface area contributed by atoms with E-state index in [4.69, 9.17) is 0 Å². The second-order valence-corrected chi connectivity index (χ2v) is 3.49. The molecule has 2 atom stereocenters. The molecule has 0 aromatic rings. The van der Waals surface area contributed by atoms with Crippen LogP contribution in [0.15, 0.2) is 12.2 Å². The lowest BCUT2D eigenvalue weighted by Gasteiger charge is -2.09. The van der Waals surface area contributed by atoms with Gasteiger partial charge in [-0.3, -0.25) is 0 Å². The van der Waals surface area contributed by atoms with Crippen molar-refractivity contribution < 1.29 is 9.90 Å². The number of aliphatic hydroxyl groups excluding tert-OH is 1. The van der Waals surface area contributed by atoms with Gasteiger partial charge in [0.05, 0.1) is 6.10 Å². The maximum Gasteiger partial charge on any atom is 0.123 e. The number of carbonyl (C=O) groups is 1. The van der Waals surface area contributed by atoms with Crippen LogP contribution in [0.4, 0.5) is 0 Å². The van der Waals surface area contributed by atoms with Gasteiger partial charge >= 0.3 is 0 Å². The van der Waals surface area contributed by atoms with Crippen molar-refractivity contribution in [3.63, 3.8) is 0 Å². The molecule has 0 aromatic heterocycles. The fraction of sp³-hybridized carbons (Fsp3) is 0.727. The van der Waals surface area contributed by atoms with E-state index >= 15 is 0 Å². The van der Waals surface area contributed by atoms with Crippen molar-refractivity contribution >= 4 is 6.29 Å². The molecule has 76 valence electrons. The Bertz CT molecular complexity index is 152. The summed E-state index contributed by atoms with van der Waals surface area (Å²) in [5.41, 5.74) is 0. The van der Waals surface area contributed by atoms with Crippen molar-refractivity contribution in [3.8, 4) is 0 Å². The molecule has 2 unspecified atom stereocenters. The molecule has 0 aliphatic heterocycles. The van der Waals surface area contributed by atoms with Crippen LogP contribution < -0.4 is 0 Å². The Morgan fingerprint density at radius 2 is 2.08 bits per heavy atom. The number of allylic oxidation sites excluding steroid dienone is 1. The molecule has 0 bridgehead atoms. The third kappa shape index (κ3) is 7.72. The maximum atomic E-state index is 9.97. The quantitative estimate of drug-likeness (QED) is 0.487. The molecule has 0 saturated carbocycles. The third-order valence-electron chi connectivity index (χ3n) is 2.24. The summed E-state index contributed by atoms with van der Waals surface area (Å²) in [5, 5.41) is 9.42. The van der Waals surface area contributed by atoms with Crippen molar-refractivity contribution in [1.82, 2.24) is 0 Å². The molecule has 0 amide bonds. The van der Waals surface area contributed by atoms with Crippen LogP contribution in [0.25, 0.3) is 0 Å². The van der Waals surface area contributed by atoms with Gasteiger partial charge in [-0.25, -0.2) is 0 Å². The van der Waals surface area contributed by atoms with Gasteiger partial charge in [0.25, 0.3) is 0 Å². The fourth-order valence-corrected chi connectivity index (χ4v) is 1.05. The van der Waals surface area contributed by atoms with Crippen LogP contribution in [0, 0.1) is 5.92 Å². The molecule has 0 aliphatic carbocycles. The molecule has 2 nitrogen and oxygen atoms in total. The smallest absolute Gasteiger partial charge is 0.123 e. The van der Waals surface area contributed by atoms with Gasteiger partial charge in [0.2, 0.25) is 0 Å². The van der Waals surface area contributed by atoms with Crippen molar-refractivity contribution in [1.29, 1.82) is 0 Å². The Kier molecular flexibility index (Phi) is 7.60. The van der Waals surface area contributed by atoms with E-state index in [1.165, 1.54) is 0 Å². The minimum absolute atomic E-state index is 0.381. The number of aldehydes is 1. The first-order chi connectivity index (χ1) is 6.20. The molecule has 1 N–H and O–H groups in total. The molecular formula is C11H20O2. The van der Waals surface area contributed by atoms with Crippen LogP contribution in [0.1, 0.15) is 39.5 Å². The van der Waals surface area contributed by atoms with E-state index in [0.717, 1.165) is 25.5 Å². The summed E-state index contributed by atoms with van der Waals surface area (Å²) in [5.74, 6) is 0.675. The van der Waals surface area contributed by atoms with Crippen LogP contribution in [-0.4, -0.2) is 17.5 Å². The molecule has 0 saturated heterocycles.